The molecular formula is C15H16N4O2. The Balaban J connectivity index is 1.77. The molecule has 0 bridgehead atoms. The van der Waals surface area contributed by atoms with Crippen LogP contribution in [0, 0.1) is 6.92 Å². The second kappa shape index (κ2) is 5.49. The van der Waals surface area contributed by atoms with Gasteiger partial charge in [0.1, 0.15) is 11.4 Å². The molecule has 0 amide bonds. The van der Waals surface area contributed by atoms with E-state index in [2.05, 4.69) is 15.3 Å². The first-order valence-electron chi connectivity index (χ1n) is 6.76. The molecule has 3 heterocycles. The monoisotopic (exact) mass is 284 g/mol. The molecule has 3 rings (SSSR count). The Hall–Kier alpha value is -2.47. The minimum absolute atomic E-state index is 0.0466. The highest BCUT2D eigenvalue weighted by atomic mass is 16.4. The lowest BCUT2D eigenvalue weighted by atomic mass is 10.3. The molecule has 0 fully saturated rings. The van der Waals surface area contributed by atoms with Gasteiger partial charge in [0.15, 0.2) is 0 Å². The van der Waals surface area contributed by atoms with Crippen LogP contribution < -0.4 is 10.9 Å². The van der Waals surface area contributed by atoms with E-state index in [1.165, 1.54) is 10.5 Å². The van der Waals surface area contributed by atoms with Gasteiger partial charge in [-0.2, -0.15) is 0 Å². The first-order valence-corrected chi connectivity index (χ1v) is 6.76. The van der Waals surface area contributed by atoms with E-state index in [4.69, 9.17) is 4.42 Å². The lowest BCUT2D eigenvalue weighted by molar-refractivity contribution is 0.401. The predicted octanol–water partition coefficient (Wildman–Crippen LogP) is 1.84. The number of aromatic nitrogens is 3. The van der Waals surface area contributed by atoms with Crippen LogP contribution in [0.3, 0.4) is 0 Å². The van der Waals surface area contributed by atoms with E-state index in [1.54, 1.807) is 18.5 Å². The van der Waals surface area contributed by atoms with Crippen LogP contribution >= 0.6 is 0 Å². The van der Waals surface area contributed by atoms with E-state index < -0.39 is 0 Å². The van der Waals surface area contributed by atoms with Crippen molar-refractivity contribution in [3.63, 3.8) is 0 Å². The molecule has 1 N–H and O–H groups in total. The van der Waals surface area contributed by atoms with E-state index in [-0.39, 0.29) is 11.6 Å². The van der Waals surface area contributed by atoms with Crippen LogP contribution in [0.1, 0.15) is 30.3 Å². The Morgan fingerprint density at radius 3 is 3.05 bits per heavy atom. The fourth-order valence-electron chi connectivity index (χ4n) is 2.11. The maximum atomic E-state index is 12.0. The molecular weight excluding hydrogens is 268 g/mol. The fourth-order valence-corrected chi connectivity index (χ4v) is 2.11. The predicted molar refractivity (Wildman–Crippen MR) is 78.0 cm³/mol. The first-order chi connectivity index (χ1) is 10.1. The van der Waals surface area contributed by atoms with Crippen LogP contribution in [0.5, 0.6) is 0 Å². The van der Waals surface area contributed by atoms with Gasteiger partial charge in [-0.05, 0) is 26.0 Å². The third-order valence-corrected chi connectivity index (χ3v) is 3.22. The molecule has 108 valence electrons. The van der Waals surface area contributed by atoms with E-state index in [1.807, 2.05) is 26.0 Å². The summed E-state index contributed by atoms with van der Waals surface area (Å²) in [5, 5.41) is 3.25. The number of fused-ring (bicyclic) bond motifs is 1. The summed E-state index contributed by atoms with van der Waals surface area (Å²) in [6.07, 6.45) is 3.40. The molecule has 0 aliphatic rings. The van der Waals surface area contributed by atoms with Crippen molar-refractivity contribution in [2.75, 3.05) is 0 Å². The van der Waals surface area contributed by atoms with Gasteiger partial charge in [0, 0.05) is 18.8 Å². The smallest absolute Gasteiger partial charge is 0.258 e. The third-order valence-electron chi connectivity index (χ3n) is 3.22. The summed E-state index contributed by atoms with van der Waals surface area (Å²) in [6.45, 7) is 4.29. The number of hydrogen-bond acceptors (Lipinski definition) is 5. The number of rotatable bonds is 4. The number of nitrogens with zero attached hydrogens (tertiary/aromatic N) is 3. The van der Waals surface area contributed by atoms with Gasteiger partial charge >= 0.3 is 0 Å². The molecule has 0 radical (unpaired) electrons. The summed E-state index contributed by atoms with van der Waals surface area (Å²) < 4.78 is 6.99. The molecule has 0 aliphatic carbocycles. The van der Waals surface area contributed by atoms with Gasteiger partial charge in [0.2, 0.25) is 5.89 Å². The number of aryl methyl sites for hydroxylation is 1. The highest BCUT2D eigenvalue weighted by Gasteiger charge is 2.11. The van der Waals surface area contributed by atoms with Crippen molar-refractivity contribution in [3.8, 4) is 0 Å². The summed E-state index contributed by atoms with van der Waals surface area (Å²) in [5.41, 5.74) is 1.25. The lowest BCUT2D eigenvalue weighted by Crippen LogP contribution is -2.22. The number of pyridine rings is 1. The topological polar surface area (TPSA) is 72.4 Å². The molecule has 0 saturated carbocycles. The Kier molecular flexibility index (Phi) is 3.53. The molecule has 6 heteroatoms. The zero-order valence-corrected chi connectivity index (χ0v) is 11.9. The van der Waals surface area contributed by atoms with Gasteiger partial charge < -0.3 is 9.73 Å². The summed E-state index contributed by atoms with van der Waals surface area (Å²) in [7, 11) is 0. The molecule has 1 atom stereocenters. The Labute approximate surface area is 121 Å². The molecule has 0 aromatic carbocycles. The van der Waals surface area contributed by atoms with Crippen molar-refractivity contribution in [1.29, 1.82) is 0 Å². The molecule has 0 saturated heterocycles. The maximum absolute atomic E-state index is 12.0. The second-order valence-electron chi connectivity index (χ2n) is 4.93. The summed E-state index contributed by atoms with van der Waals surface area (Å²) >= 11 is 0. The fraction of sp³-hybridized carbons (Fsp3) is 0.267. The van der Waals surface area contributed by atoms with Gasteiger partial charge in [0.25, 0.3) is 5.56 Å². The molecule has 0 aliphatic heterocycles. The quantitative estimate of drug-likeness (QED) is 0.791. The average molecular weight is 284 g/mol. The van der Waals surface area contributed by atoms with Gasteiger partial charge in [-0.25, -0.2) is 9.97 Å². The average Bonchev–Trinajstić information content (AvgIpc) is 2.91. The zero-order chi connectivity index (χ0) is 14.8. The molecule has 6 nitrogen and oxygen atoms in total. The molecule has 3 aromatic heterocycles. The maximum Gasteiger partial charge on any atom is 0.258 e. The SMILES string of the molecule is Cc1cnc(C(C)NCc2cc(=O)n3ccccc3n2)o1. The highest BCUT2D eigenvalue weighted by molar-refractivity contribution is 5.37. The van der Waals surface area contributed by atoms with Crippen molar-refractivity contribution in [2.45, 2.75) is 26.4 Å². The summed E-state index contributed by atoms with van der Waals surface area (Å²) in [6, 6.07) is 6.96. The van der Waals surface area contributed by atoms with Crippen LogP contribution in [-0.2, 0) is 6.54 Å². The molecule has 1 unspecified atom stereocenters. The number of oxazole rings is 1. The second-order valence-corrected chi connectivity index (χ2v) is 4.93. The van der Waals surface area contributed by atoms with Crippen molar-refractivity contribution in [1.82, 2.24) is 19.7 Å². The van der Waals surface area contributed by atoms with Crippen LogP contribution in [0.15, 0.2) is 45.9 Å². The van der Waals surface area contributed by atoms with Crippen LogP contribution in [0.25, 0.3) is 5.65 Å². The zero-order valence-electron chi connectivity index (χ0n) is 11.9. The Morgan fingerprint density at radius 2 is 2.29 bits per heavy atom. The third kappa shape index (κ3) is 2.85. The van der Waals surface area contributed by atoms with E-state index in [9.17, 15) is 4.79 Å². The highest BCUT2D eigenvalue weighted by Crippen LogP contribution is 2.12. The number of hydrogen-bond donors (Lipinski definition) is 1. The van der Waals surface area contributed by atoms with E-state index >= 15 is 0 Å². The molecule has 3 aromatic rings. The first kappa shape index (κ1) is 13.5. The standard InChI is InChI=1S/C15H16N4O2/c1-10-8-17-15(21-10)11(2)16-9-12-7-14(20)19-6-4-3-5-13(19)18-12/h3-8,11,16H,9H2,1-2H3. The molecule has 21 heavy (non-hydrogen) atoms. The minimum Gasteiger partial charge on any atom is -0.444 e. The molecule has 0 spiro atoms. The van der Waals surface area contributed by atoms with Gasteiger partial charge in [0.05, 0.1) is 17.9 Å². The van der Waals surface area contributed by atoms with Crippen LogP contribution in [0.2, 0.25) is 0 Å². The summed E-state index contributed by atoms with van der Waals surface area (Å²) in [5.74, 6) is 1.41. The van der Waals surface area contributed by atoms with Gasteiger partial charge in [-0.1, -0.05) is 6.07 Å². The van der Waals surface area contributed by atoms with Crippen LogP contribution in [0.4, 0.5) is 0 Å². The van der Waals surface area contributed by atoms with Crippen molar-refractivity contribution in [3.05, 3.63) is 64.4 Å². The van der Waals surface area contributed by atoms with Gasteiger partial charge in [-0.15, -0.1) is 0 Å². The van der Waals surface area contributed by atoms with E-state index in [0.29, 0.717) is 23.8 Å². The van der Waals surface area contributed by atoms with Gasteiger partial charge in [-0.3, -0.25) is 9.20 Å². The van der Waals surface area contributed by atoms with Crippen molar-refractivity contribution < 1.29 is 4.42 Å². The lowest BCUT2D eigenvalue weighted by Gasteiger charge is -2.10. The van der Waals surface area contributed by atoms with Crippen molar-refractivity contribution in [2.24, 2.45) is 0 Å². The summed E-state index contributed by atoms with van der Waals surface area (Å²) in [4.78, 5) is 20.6. The Morgan fingerprint density at radius 1 is 1.43 bits per heavy atom. The van der Waals surface area contributed by atoms with E-state index in [0.717, 1.165) is 5.76 Å². The normalized spacial score (nSPS) is 12.7. The number of nitrogens with one attached hydrogen (secondary N) is 1. The van der Waals surface area contributed by atoms with Crippen LogP contribution in [-0.4, -0.2) is 14.4 Å². The minimum atomic E-state index is -0.0861. The Bertz CT molecular complexity index is 822. The van der Waals surface area contributed by atoms with Crippen molar-refractivity contribution >= 4 is 5.65 Å². The largest absolute Gasteiger partial charge is 0.444 e.